The van der Waals surface area contributed by atoms with E-state index < -0.39 is 0 Å². The number of hydrogen-bond acceptors (Lipinski definition) is 2. The molecular formula is C7H15NO. The molecule has 2 nitrogen and oxygen atoms in total. The van der Waals surface area contributed by atoms with Crippen molar-refractivity contribution in [3.8, 4) is 0 Å². The van der Waals surface area contributed by atoms with Crippen LogP contribution in [0.5, 0.6) is 0 Å². The van der Waals surface area contributed by atoms with E-state index >= 15 is 0 Å². The normalized spacial score (nSPS) is 36.7. The van der Waals surface area contributed by atoms with E-state index in [0.717, 1.165) is 26.0 Å². The Balaban J connectivity index is 2.23. The standard InChI is InChI=1S/C7H15NO/c1-6-4-7(5-8)2-3-9-6/h6-7H,2-5,8H2,1H3/t6-,7-/m1/s1. The van der Waals surface area contributed by atoms with Gasteiger partial charge in [-0.05, 0) is 32.2 Å². The van der Waals surface area contributed by atoms with Crippen molar-refractivity contribution in [3.63, 3.8) is 0 Å². The van der Waals surface area contributed by atoms with E-state index in [1.54, 1.807) is 0 Å². The van der Waals surface area contributed by atoms with Crippen LogP contribution in [0, 0.1) is 5.92 Å². The van der Waals surface area contributed by atoms with E-state index in [0.29, 0.717) is 12.0 Å². The maximum Gasteiger partial charge on any atom is 0.0550 e. The summed E-state index contributed by atoms with van der Waals surface area (Å²) in [5.74, 6) is 0.716. The largest absolute Gasteiger partial charge is 0.378 e. The van der Waals surface area contributed by atoms with E-state index in [4.69, 9.17) is 10.5 Å². The highest BCUT2D eigenvalue weighted by atomic mass is 16.5. The first kappa shape index (κ1) is 7.03. The maximum absolute atomic E-state index is 5.51. The van der Waals surface area contributed by atoms with Crippen LogP contribution in [-0.4, -0.2) is 19.3 Å². The number of hydrogen-bond donors (Lipinski definition) is 1. The molecule has 1 aliphatic rings. The van der Waals surface area contributed by atoms with Crippen molar-refractivity contribution < 1.29 is 4.74 Å². The number of ether oxygens (including phenoxy) is 1. The zero-order valence-corrected chi connectivity index (χ0v) is 5.97. The molecule has 9 heavy (non-hydrogen) atoms. The molecule has 0 unspecified atom stereocenters. The average Bonchev–Trinajstić information content (AvgIpc) is 1.88. The molecule has 1 fully saturated rings. The van der Waals surface area contributed by atoms with Crippen molar-refractivity contribution in [2.24, 2.45) is 11.7 Å². The second-order valence-corrected chi connectivity index (χ2v) is 2.81. The molecule has 1 aliphatic heterocycles. The lowest BCUT2D eigenvalue weighted by Crippen LogP contribution is -2.27. The van der Waals surface area contributed by atoms with Gasteiger partial charge in [-0.3, -0.25) is 0 Å². The Morgan fingerprint density at radius 2 is 2.44 bits per heavy atom. The van der Waals surface area contributed by atoms with Gasteiger partial charge in [-0.15, -0.1) is 0 Å². The lowest BCUT2D eigenvalue weighted by Gasteiger charge is -2.25. The van der Waals surface area contributed by atoms with Gasteiger partial charge >= 0.3 is 0 Å². The molecule has 2 heteroatoms. The minimum atomic E-state index is 0.437. The van der Waals surface area contributed by atoms with Gasteiger partial charge in [0.2, 0.25) is 0 Å². The zero-order valence-electron chi connectivity index (χ0n) is 5.97. The second kappa shape index (κ2) is 3.18. The Morgan fingerprint density at radius 1 is 1.67 bits per heavy atom. The van der Waals surface area contributed by atoms with Gasteiger partial charge in [0.1, 0.15) is 0 Å². The van der Waals surface area contributed by atoms with Gasteiger partial charge in [-0.1, -0.05) is 0 Å². The first-order chi connectivity index (χ1) is 4.33. The van der Waals surface area contributed by atoms with Gasteiger partial charge in [-0.2, -0.15) is 0 Å². The molecule has 0 radical (unpaired) electrons. The molecule has 0 amide bonds. The van der Waals surface area contributed by atoms with Crippen LogP contribution in [0.4, 0.5) is 0 Å². The summed E-state index contributed by atoms with van der Waals surface area (Å²) in [5.41, 5.74) is 5.51. The SMILES string of the molecule is C[C@@H]1C[C@H](CN)CCO1. The van der Waals surface area contributed by atoms with Crippen LogP contribution in [-0.2, 0) is 4.74 Å². The van der Waals surface area contributed by atoms with Crippen molar-refractivity contribution in [2.75, 3.05) is 13.2 Å². The van der Waals surface area contributed by atoms with Crippen molar-refractivity contribution in [1.82, 2.24) is 0 Å². The highest BCUT2D eigenvalue weighted by molar-refractivity contribution is 4.68. The molecule has 1 rings (SSSR count). The Morgan fingerprint density at radius 3 is 2.89 bits per heavy atom. The molecule has 0 aromatic carbocycles. The molecule has 1 heterocycles. The molecule has 0 bridgehead atoms. The van der Waals surface area contributed by atoms with Gasteiger partial charge < -0.3 is 10.5 Å². The molecule has 0 aromatic rings. The van der Waals surface area contributed by atoms with Crippen LogP contribution in [0.1, 0.15) is 19.8 Å². The minimum absolute atomic E-state index is 0.437. The summed E-state index contributed by atoms with van der Waals surface area (Å²) in [6.07, 6.45) is 2.74. The summed E-state index contributed by atoms with van der Waals surface area (Å²) in [6.45, 7) is 3.85. The highest BCUT2D eigenvalue weighted by Gasteiger charge is 2.16. The summed E-state index contributed by atoms with van der Waals surface area (Å²) in [5, 5.41) is 0. The van der Waals surface area contributed by atoms with Crippen LogP contribution >= 0.6 is 0 Å². The molecule has 0 saturated carbocycles. The Hall–Kier alpha value is -0.0800. The predicted octanol–water partition coefficient (Wildman–Crippen LogP) is 0.760. The zero-order chi connectivity index (χ0) is 6.69. The maximum atomic E-state index is 5.51. The van der Waals surface area contributed by atoms with Crippen LogP contribution in [0.25, 0.3) is 0 Å². The average molecular weight is 129 g/mol. The van der Waals surface area contributed by atoms with Crippen molar-refractivity contribution in [2.45, 2.75) is 25.9 Å². The smallest absolute Gasteiger partial charge is 0.0550 e. The summed E-state index contributed by atoms with van der Waals surface area (Å²) in [4.78, 5) is 0. The fraction of sp³-hybridized carbons (Fsp3) is 1.00. The summed E-state index contributed by atoms with van der Waals surface area (Å²) in [7, 11) is 0. The van der Waals surface area contributed by atoms with Gasteiger partial charge in [-0.25, -0.2) is 0 Å². The lowest BCUT2D eigenvalue weighted by molar-refractivity contribution is 0.00471. The van der Waals surface area contributed by atoms with Crippen molar-refractivity contribution in [1.29, 1.82) is 0 Å². The van der Waals surface area contributed by atoms with Crippen LogP contribution in [0.2, 0.25) is 0 Å². The third-order valence-electron chi connectivity index (χ3n) is 1.93. The molecule has 0 aliphatic carbocycles. The fourth-order valence-corrected chi connectivity index (χ4v) is 1.31. The molecule has 2 N–H and O–H groups in total. The lowest BCUT2D eigenvalue weighted by atomic mass is 9.97. The molecule has 1 saturated heterocycles. The molecule has 0 aromatic heterocycles. The van der Waals surface area contributed by atoms with E-state index in [1.165, 1.54) is 0 Å². The third kappa shape index (κ3) is 1.95. The molecular weight excluding hydrogens is 114 g/mol. The van der Waals surface area contributed by atoms with Crippen molar-refractivity contribution in [3.05, 3.63) is 0 Å². The van der Waals surface area contributed by atoms with Gasteiger partial charge in [0.25, 0.3) is 0 Å². The fourth-order valence-electron chi connectivity index (χ4n) is 1.31. The quantitative estimate of drug-likeness (QED) is 0.567. The second-order valence-electron chi connectivity index (χ2n) is 2.81. The summed E-state index contributed by atoms with van der Waals surface area (Å²) in [6, 6.07) is 0. The monoisotopic (exact) mass is 129 g/mol. The minimum Gasteiger partial charge on any atom is -0.378 e. The van der Waals surface area contributed by atoms with E-state index in [1.807, 2.05) is 0 Å². The molecule has 0 spiro atoms. The van der Waals surface area contributed by atoms with Gasteiger partial charge in [0, 0.05) is 6.61 Å². The summed E-state index contributed by atoms with van der Waals surface area (Å²) < 4.78 is 5.35. The first-order valence-corrected chi connectivity index (χ1v) is 3.64. The summed E-state index contributed by atoms with van der Waals surface area (Å²) >= 11 is 0. The number of nitrogens with two attached hydrogens (primary N) is 1. The predicted molar refractivity (Wildman–Crippen MR) is 37.2 cm³/mol. The highest BCUT2D eigenvalue weighted by Crippen LogP contribution is 2.17. The number of rotatable bonds is 1. The van der Waals surface area contributed by atoms with Gasteiger partial charge in [0.15, 0.2) is 0 Å². The Kier molecular flexibility index (Phi) is 2.49. The topological polar surface area (TPSA) is 35.2 Å². The van der Waals surface area contributed by atoms with Crippen molar-refractivity contribution >= 4 is 0 Å². The Bertz CT molecular complexity index is 85.0. The van der Waals surface area contributed by atoms with E-state index in [2.05, 4.69) is 6.92 Å². The third-order valence-corrected chi connectivity index (χ3v) is 1.93. The first-order valence-electron chi connectivity index (χ1n) is 3.64. The van der Waals surface area contributed by atoms with Crippen LogP contribution in [0.15, 0.2) is 0 Å². The van der Waals surface area contributed by atoms with Gasteiger partial charge in [0.05, 0.1) is 6.10 Å². The molecule has 54 valence electrons. The van der Waals surface area contributed by atoms with E-state index in [-0.39, 0.29) is 0 Å². The van der Waals surface area contributed by atoms with Crippen LogP contribution < -0.4 is 5.73 Å². The Labute approximate surface area is 56.4 Å². The van der Waals surface area contributed by atoms with E-state index in [9.17, 15) is 0 Å². The van der Waals surface area contributed by atoms with Crippen LogP contribution in [0.3, 0.4) is 0 Å². The molecule has 2 atom stereocenters.